The Morgan fingerprint density at radius 3 is 2.22 bits per heavy atom. The number of primary amides is 1. The zero-order chi connectivity index (χ0) is 17.2. The minimum atomic E-state index is -3.75. The first-order valence-electron chi connectivity index (χ1n) is 6.58. The molecule has 0 spiro atoms. The molecule has 0 radical (unpaired) electrons. The van der Waals surface area contributed by atoms with Gasteiger partial charge in [0, 0.05) is 11.6 Å². The van der Waals surface area contributed by atoms with E-state index in [0.717, 1.165) is 0 Å². The molecule has 8 heteroatoms. The molecular formula is C15H14Cl2N2O3S. The third-order valence-corrected chi connectivity index (χ3v) is 5.52. The van der Waals surface area contributed by atoms with E-state index in [4.69, 9.17) is 28.9 Å². The van der Waals surface area contributed by atoms with E-state index in [0.29, 0.717) is 15.6 Å². The molecule has 2 aromatic rings. The fourth-order valence-corrected chi connectivity index (χ4v) is 3.49. The fourth-order valence-electron chi connectivity index (χ4n) is 1.95. The summed E-state index contributed by atoms with van der Waals surface area (Å²) in [5.41, 5.74) is 6.04. The second kappa shape index (κ2) is 6.88. The van der Waals surface area contributed by atoms with E-state index in [1.165, 1.54) is 24.3 Å². The van der Waals surface area contributed by atoms with E-state index in [-0.39, 0.29) is 10.5 Å². The van der Waals surface area contributed by atoms with Gasteiger partial charge < -0.3 is 5.73 Å². The first kappa shape index (κ1) is 17.7. The molecule has 0 heterocycles. The van der Waals surface area contributed by atoms with Crippen LogP contribution in [0.1, 0.15) is 28.9 Å². The SMILES string of the molecule is CC(NS(=O)(=O)c1ccc(C(N)=O)cc1)c1ccc(Cl)c(Cl)c1. The minimum Gasteiger partial charge on any atom is -0.366 e. The van der Waals surface area contributed by atoms with Gasteiger partial charge in [0.05, 0.1) is 14.9 Å². The van der Waals surface area contributed by atoms with Crippen LogP contribution in [-0.2, 0) is 10.0 Å². The van der Waals surface area contributed by atoms with Gasteiger partial charge >= 0.3 is 0 Å². The monoisotopic (exact) mass is 372 g/mol. The maximum atomic E-state index is 12.4. The van der Waals surface area contributed by atoms with Crippen molar-refractivity contribution in [3.63, 3.8) is 0 Å². The highest BCUT2D eigenvalue weighted by Gasteiger charge is 2.19. The zero-order valence-electron chi connectivity index (χ0n) is 12.1. The second-order valence-electron chi connectivity index (χ2n) is 4.91. The number of carbonyl (C=O) groups is 1. The van der Waals surface area contributed by atoms with Crippen LogP contribution in [0.2, 0.25) is 10.0 Å². The molecular weight excluding hydrogens is 359 g/mol. The van der Waals surface area contributed by atoms with Crippen molar-refractivity contribution < 1.29 is 13.2 Å². The molecule has 1 unspecified atom stereocenters. The lowest BCUT2D eigenvalue weighted by Crippen LogP contribution is -2.27. The molecule has 3 N–H and O–H groups in total. The van der Waals surface area contributed by atoms with Crippen molar-refractivity contribution in [1.82, 2.24) is 4.72 Å². The number of sulfonamides is 1. The van der Waals surface area contributed by atoms with Crippen LogP contribution in [0.4, 0.5) is 0 Å². The van der Waals surface area contributed by atoms with Crippen LogP contribution in [0, 0.1) is 0 Å². The summed E-state index contributed by atoms with van der Waals surface area (Å²) >= 11 is 11.8. The van der Waals surface area contributed by atoms with Crippen molar-refractivity contribution in [3.05, 3.63) is 63.6 Å². The number of hydrogen-bond donors (Lipinski definition) is 2. The summed E-state index contributed by atoms with van der Waals surface area (Å²) in [7, 11) is -3.75. The van der Waals surface area contributed by atoms with Crippen LogP contribution in [0.5, 0.6) is 0 Å². The predicted molar refractivity (Wildman–Crippen MR) is 90.2 cm³/mol. The summed E-state index contributed by atoms with van der Waals surface area (Å²) in [6, 6.07) is 9.76. The molecule has 0 aromatic heterocycles. The molecule has 0 aliphatic rings. The van der Waals surface area contributed by atoms with Crippen molar-refractivity contribution in [3.8, 4) is 0 Å². The Morgan fingerprint density at radius 1 is 1.09 bits per heavy atom. The summed E-state index contributed by atoms with van der Waals surface area (Å²) < 4.78 is 27.3. The maximum Gasteiger partial charge on any atom is 0.248 e. The Labute approximate surface area is 144 Å². The number of benzene rings is 2. The Hall–Kier alpha value is -1.60. The zero-order valence-corrected chi connectivity index (χ0v) is 14.4. The topological polar surface area (TPSA) is 89.3 Å². The van der Waals surface area contributed by atoms with Crippen LogP contribution < -0.4 is 10.5 Å². The second-order valence-corrected chi connectivity index (χ2v) is 7.43. The first-order valence-corrected chi connectivity index (χ1v) is 8.82. The Kier molecular flexibility index (Phi) is 5.31. The number of amides is 1. The van der Waals surface area contributed by atoms with Gasteiger partial charge in [0.2, 0.25) is 15.9 Å². The summed E-state index contributed by atoms with van der Waals surface area (Å²) in [5, 5.41) is 0.744. The Morgan fingerprint density at radius 2 is 1.70 bits per heavy atom. The van der Waals surface area contributed by atoms with Gasteiger partial charge in [-0.2, -0.15) is 0 Å². The highest BCUT2D eigenvalue weighted by Crippen LogP contribution is 2.26. The number of nitrogens with one attached hydrogen (secondary N) is 1. The minimum absolute atomic E-state index is 0.0365. The summed E-state index contributed by atoms with van der Waals surface area (Å²) in [6.45, 7) is 1.69. The normalized spacial score (nSPS) is 12.8. The number of rotatable bonds is 5. The van der Waals surface area contributed by atoms with Gasteiger partial charge in [0.1, 0.15) is 0 Å². The van der Waals surface area contributed by atoms with E-state index in [2.05, 4.69) is 4.72 Å². The third-order valence-electron chi connectivity index (χ3n) is 3.22. The quantitative estimate of drug-likeness (QED) is 0.844. The highest BCUT2D eigenvalue weighted by atomic mass is 35.5. The van der Waals surface area contributed by atoms with Gasteiger partial charge in [-0.1, -0.05) is 29.3 Å². The van der Waals surface area contributed by atoms with E-state index < -0.39 is 22.0 Å². The van der Waals surface area contributed by atoms with Gasteiger partial charge in [0.25, 0.3) is 0 Å². The summed E-state index contributed by atoms with van der Waals surface area (Å²) in [4.78, 5) is 11.1. The maximum absolute atomic E-state index is 12.4. The number of carbonyl (C=O) groups excluding carboxylic acids is 1. The van der Waals surface area contributed by atoms with Crippen LogP contribution >= 0.6 is 23.2 Å². The van der Waals surface area contributed by atoms with Crippen molar-refractivity contribution in [2.45, 2.75) is 17.9 Å². The van der Waals surface area contributed by atoms with E-state index >= 15 is 0 Å². The summed E-state index contributed by atoms with van der Waals surface area (Å²) in [5.74, 6) is -0.619. The number of nitrogens with two attached hydrogens (primary N) is 1. The number of halogens is 2. The van der Waals surface area contributed by atoms with E-state index in [1.54, 1.807) is 25.1 Å². The lowest BCUT2D eigenvalue weighted by Gasteiger charge is -2.15. The van der Waals surface area contributed by atoms with Crippen LogP contribution in [0.25, 0.3) is 0 Å². The molecule has 0 bridgehead atoms. The lowest BCUT2D eigenvalue weighted by atomic mass is 10.1. The van der Waals surface area contributed by atoms with Crippen LogP contribution in [0.15, 0.2) is 47.4 Å². The molecule has 2 rings (SSSR count). The number of hydrogen-bond acceptors (Lipinski definition) is 3. The van der Waals surface area contributed by atoms with Crippen molar-refractivity contribution in [2.75, 3.05) is 0 Å². The predicted octanol–water partition coefficient (Wildman–Crippen LogP) is 3.13. The largest absolute Gasteiger partial charge is 0.366 e. The van der Waals surface area contributed by atoms with E-state index in [1.807, 2.05) is 0 Å². The standard InChI is InChI=1S/C15H14Cl2N2O3S/c1-9(11-4-7-13(16)14(17)8-11)19-23(21,22)12-5-2-10(3-6-12)15(18)20/h2-9,19H,1H3,(H2,18,20). The molecule has 122 valence electrons. The Bertz CT molecular complexity index is 836. The molecule has 0 saturated carbocycles. The molecule has 0 aliphatic carbocycles. The fraction of sp³-hybridized carbons (Fsp3) is 0.133. The molecule has 0 aliphatic heterocycles. The van der Waals surface area contributed by atoms with Crippen molar-refractivity contribution >= 4 is 39.1 Å². The average molecular weight is 373 g/mol. The average Bonchev–Trinajstić information content (AvgIpc) is 2.49. The molecule has 0 saturated heterocycles. The first-order chi connectivity index (χ1) is 10.7. The molecule has 0 fully saturated rings. The molecule has 1 amide bonds. The van der Waals surface area contributed by atoms with Gasteiger partial charge in [-0.15, -0.1) is 0 Å². The van der Waals surface area contributed by atoms with Crippen molar-refractivity contribution in [1.29, 1.82) is 0 Å². The van der Waals surface area contributed by atoms with Crippen LogP contribution in [-0.4, -0.2) is 14.3 Å². The molecule has 2 aromatic carbocycles. The highest BCUT2D eigenvalue weighted by molar-refractivity contribution is 7.89. The van der Waals surface area contributed by atoms with Crippen molar-refractivity contribution in [2.24, 2.45) is 5.73 Å². The lowest BCUT2D eigenvalue weighted by molar-refractivity contribution is 0.1000. The van der Waals surface area contributed by atoms with Gasteiger partial charge in [0.15, 0.2) is 0 Å². The van der Waals surface area contributed by atoms with Gasteiger partial charge in [-0.25, -0.2) is 13.1 Å². The van der Waals surface area contributed by atoms with Crippen LogP contribution in [0.3, 0.4) is 0 Å². The smallest absolute Gasteiger partial charge is 0.248 e. The molecule has 1 atom stereocenters. The van der Waals surface area contributed by atoms with E-state index in [9.17, 15) is 13.2 Å². The van der Waals surface area contributed by atoms with Gasteiger partial charge in [-0.05, 0) is 48.9 Å². The molecule has 23 heavy (non-hydrogen) atoms. The van der Waals surface area contributed by atoms with Gasteiger partial charge in [-0.3, -0.25) is 4.79 Å². The third kappa shape index (κ3) is 4.23. The Balaban J connectivity index is 2.22. The summed E-state index contributed by atoms with van der Waals surface area (Å²) in [6.07, 6.45) is 0. The molecule has 5 nitrogen and oxygen atoms in total.